The lowest BCUT2D eigenvalue weighted by molar-refractivity contribution is -0.124. The molecule has 0 fully saturated rings. The van der Waals surface area contributed by atoms with E-state index in [1.807, 2.05) is 20.8 Å². The van der Waals surface area contributed by atoms with Crippen molar-refractivity contribution in [3.8, 4) is 0 Å². The molecule has 0 bridgehead atoms. The fourth-order valence-corrected chi connectivity index (χ4v) is 1.66. The number of halogens is 1. The second-order valence-electron chi connectivity index (χ2n) is 4.69. The van der Waals surface area contributed by atoms with Crippen LogP contribution in [0.15, 0.2) is 24.3 Å². The molecule has 0 saturated carbocycles. The van der Waals surface area contributed by atoms with Gasteiger partial charge in [-0.05, 0) is 30.5 Å². The predicted octanol–water partition coefficient (Wildman–Crippen LogP) is 2.38. The lowest BCUT2D eigenvalue weighted by Gasteiger charge is -2.21. The Balaban J connectivity index is 2.61. The molecule has 0 spiro atoms. The van der Waals surface area contributed by atoms with Gasteiger partial charge in [0, 0.05) is 0 Å². The Labute approximate surface area is 108 Å². The van der Waals surface area contributed by atoms with Crippen LogP contribution in [0.1, 0.15) is 38.8 Å². The van der Waals surface area contributed by atoms with Gasteiger partial charge in [0.15, 0.2) is 0 Å². The highest BCUT2D eigenvalue weighted by molar-refractivity contribution is 5.82. The van der Waals surface area contributed by atoms with Crippen molar-refractivity contribution in [3.05, 3.63) is 35.6 Å². The van der Waals surface area contributed by atoms with E-state index in [1.165, 1.54) is 12.1 Å². The van der Waals surface area contributed by atoms with E-state index in [9.17, 15) is 9.18 Å². The van der Waals surface area contributed by atoms with Gasteiger partial charge in [0.05, 0.1) is 12.1 Å². The molecule has 100 valence electrons. The quantitative estimate of drug-likeness (QED) is 0.845. The Morgan fingerprint density at radius 1 is 1.33 bits per heavy atom. The first-order valence-corrected chi connectivity index (χ1v) is 6.27. The molecular formula is C14H21FN2O. The Kier molecular flexibility index (Phi) is 5.28. The van der Waals surface area contributed by atoms with Gasteiger partial charge in [-0.25, -0.2) is 4.39 Å². The van der Waals surface area contributed by atoms with Gasteiger partial charge in [-0.3, -0.25) is 4.79 Å². The summed E-state index contributed by atoms with van der Waals surface area (Å²) in [7, 11) is 0. The molecule has 0 aliphatic heterocycles. The van der Waals surface area contributed by atoms with Crippen LogP contribution in [0.5, 0.6) is 0 Å². The number of benzene rings is 1. The molecule has 18 heavy (non-hydrogen) atoms. The largest absolute Gasteiger partial charge is 0.348 e. The fourth-order valence-electron chi connectivity index (χ4n) is 1.66. The maximum atomic E-state index is 12.8. The maximum absolute atomic E-state index is 12.8. The zero-order valence-corrected chi connectivity index (χ0v) is 11.1. The number of amides is 1. The van der Waals surface area contributed by atoms with Crippen molar-refractivity contribution in [2.24, 2.45) is 11.7 Å². The number of carbonyl (C=O) groups is 1. The number of hydrogen-bond donors (Lipinski definition) is 2. The third kappa shape index (κ3) is 3.81. The third-order valence-corrected chi connectivity index (χ3v) is 3.29. The monoisotopic (exact) mass is 252 g/mol. The summed E-state index contributed by atoms with van der Waals surface area (Å²) in [6.45, 7) is 5.81. The van der Waals surface area contributed by atoms with Crippen LogP contribution >= 0.6 is 0 Å². The molecule has 4 heteroatoms. The number of hydrogen-bond acceptors (Lipinski definition) is 2. The molecule has 0 aliphatic rings. The zero-order valence-electron chi connectivity index (χ0n) is 11.1. The second-order valence-corrected chi connectivity index (χ2v) is 4.69. The van der Waals surface area contributed by atoms with Crippen molar-refractivity contribution >= 4 is 5.91 Å². The normalized spacial score (nSPS) is 15.8. The van der Waals surface area contributed by atoms with Crippen molar-refractivity contribution < 1.29 is 9.18 Å². The van der Waals surface area contributed by atoms with E-state index in [0.717, 1.165) is 12.0 Å². The molecular weight excluding hydrogens is 231 g/mol. The van der Waals surface area contributed by atoms with E-state index in [0.29, 0.717) is 0 Å². The molecule has 3 atom stereocenters. The first-order valence-electron chi connectivity index (χ1n) is 6.27. The van der Waals surface area contributed by atoms with Gasteiger partial charge in [-0.15, -0.1) is 0 Å². The molecule has 2 unspecified atom stereocenters. The van der Waals surface area contributed by atoms with E-state index in [4.69, 9.17) is 5.73 Å². The molecule has 0 aliphatic carbocycles. The number of nitrogens with one attached hydrogen (secondary N) is 1. The van der Waals surface area contributed by atoms with Crippen molar-refractivity contribution in [1.29, 1.82) is 0 Å². The smallest absolute Gasteiger partial charge is 0.237 e. The lowest BCUT2D eigenvalue weighted by atomic mass is 9.98. The average molecular weight is 252 g/mol. The Bertz CT molecular complexity index is 391. The Morgan fingerprint density at radius 2 is 1.89 bits per heavy atom. The van der Waals surface area contributed by atoms with E-state index in [1.54, 1.807) is 12.1 Å². The van der Waals surface area contributed by atoms with Crippen LogP contribution < -0.4 is 11.1 Å². The lowest BCUT2D eigenvalue weighted by Crippen LogP contribution is -2.45. The van der Waals surface area contributed by atoms with Gasteiger partial charge in [-0.1, -0.05) is 32.4 Å². The second kappa shape index (κ2) is 6.50. The summed E-state index contributed by atoms with van der Waals surface area (Å²) < 4.78 is 12.8. The molecule has 0 heterocycles. The van der Waals surface area contributed by atoms with Crippen LogP contribution in [0.25, 0.3) is 0 Å². The Morgan fingerprint density at radius 3 is 2.39 bits per heavy atom. The summed E-state index contributed by atoms with van der Waals surface area (Å²) in [4.78, 5) is 11.9. The van der Waals surface area contributed by atoms with Crippen molar-refractivity contribution in [3.63, 3.8) is 0 Å². The molecule has 1 aromatic carbocycles. The van der Waals surface area contributed by atoms with Gasteiger partial charge in [0.25, 0.3) is 0 Å². The molecule has 1 aromatic rings. The van der Waals surface area contributed by atoms with E-state index in [2.05, 4.69) is 5.32 Å². The third-order valence-electron chi connectivity index (χ3n) is 3.29. The SMILES string of the molecule is CCC(C)[C@H](N)C(=O)NC(C)c1ccc(F)cc1. The van der Waals surface area contributed by atoms with Crippen LogP contribution in [0.2, 0.25) is 0 Å². The Hall–Kier alpha value is -1.42. The van der Waals surface area contributed by atoms with Crippen LogP contribution in [0.3, 0.4) is 0 Å². The summed E-state index contributed by atoms with van der Waals surface area (Å²) >= 11 is 0. The van der Waals surface area contributed by atoms with Crippen molar-refractivity contribution in [2.75, 3.05) is 0 Å². The summed E-state index contributed by atoms with van der Waals surface area (Å²) in [5.74, 6) is -0.305. The van der Waals surface area contributed by atoms with Crippen molar-refractivity contribution in [2.45, 2.75) is 39.3 Å². The highest BCUT2D eigenvalue weighted by Crippen LogP contribution is 2.14. The van der Waals surface area contributed by atoms with Gasteiger partial charge in [0.1, 0.15) is 5.82 Å². The molecule has 1 rings (SSSR count). The molecule has 0 saturated heterocycles. The van der Waals surface area contributed by atoms with Crippen LogP contribution in [0, 0.1) is 11.7 Å². The minimum atomic E-state index is -0.502. The van der Waals surface area contributed by atoms with Crippen LogP contribution in [-0.4, -0.2) is 11.9 Å². The summed E-state index contributed by atoms with van der Waals surface area (Å²) in [6, 6.07) is 5.41. The highest BCUT2D eigenvalue weighted by atomic mass is 19.1. The van der Waals surface area contributed by atoms with E-state index in [-0.39, 0.29) is 23.7 Å². The maximum Gasteiger partial charge on any atom is 0.237 e. The predicted molar refractivity (Wildman–Crippen MR) is 70.4 cm³/mol. The minimum Gasteiger partial charge on any atom is -0.348 e. The van der Waals surface area contributed by atoms with Crippen molar-refractivity contribution in [1.82, 2.24) is 5.32 Å². The van der Waals surface area contributed by atoms with Gasteiger partial charge >= 0.3 is 0 Å². The molecule has 3 nitrogen and oxygen atoms in total. The number of nitrogens with two attached hydrogens (primary N) is 1. The first kappa shape index (κ1) is 14.6. The molecule has 0 aromatic heterocycles. The number of rotatable bonds is 5. The van der Waals surface area contributed by atoms with Gasteiger partial charge < -0.3 is 11.1 Å². The number of carbonyl (C=O) groups excluding carboxylic acids is 1. The molecule has 0 radical (unpaired) electrons. The minimum absolute atomic E-state index is 0.144. The topological polar surface area (TPSA) is 55.1 Å². The fraction of sp³-hybridized carbons (Fsp3) is 0.500. The van der Waals surface area contributed by atoms with E-state index >= 15 is 0 Å². The summed E-state index contributed by atoms with van der Waals surface area (Å²) in [5.41, 5.74) is 6.71. The molecule has 3 N–H and O–H groups in total. The summed E-state index contributed by atoms with van der Waals surface area (Å²) in [6.07, 6.45) is 0.861. The van der Waals surface area contributed by atoms with Gasteiger partial charge in [0.2, 0.25) is 5.91 Å². The first-order chi connectivity index (χ1) is 8.45. The van der Waals surface area contributed by atoms with E-state index < -0.39 is 6.04 Å². The zero-order chi connectivity index (χ0) is 13.7. The van der Waals surface area contributed by atoms with Crippen LogP contribution in [-0.2, 0) is 4.79 Å². The highest BCUT2D eigenvalue weighted by Gasteiger charge is 2.21. The molecule has 1 amide bonds. The summed E-state index contributed by atoms with van der Waals surface area (Å²) in [5, 5.41) is 2.84. The average Bonchev–Trinajstić information content (AvgIpc) is 2.37. The van der Waals surface area contributed by atoms with Gasteiger partial charge in [-0.2, -0.15) is 0 Å². The van der Waals surface area contributed by atoms with Crippen LogP contribution in [0.4, 0.5) is 4.39 Å². The standard InChI is InChI=1S/C14H21FN2O/c1-4-9(2)13(16)14(18)17-10(3)11-5-7-12(15)8-6-11/h5-10,13H,4,16H2,1-3H3,(H,17,18)/t9?,10?,13-/m0/s1.